The number of carbonyl (C=O) groups is 6. The fraction of sp³-hybridized carbons (Fsp3) is 0.500. The Morgan fingerprint density at radius 2 is 1.49 bits per heavy atom. The fourth-order valence-corrected chi connectivity index (χ4v) is 5.27. The Hall–Kier alpha value is -5.34. The van der Waals surface area contributed by atoms with Gasteiger partial charge in [-0.2, -0.15) is 0 Å². The van der Waals surface area contributed by atoms with Gasteiger partial charge >= 0.3 is 24.2 Å². The van der Waals surface area contributed by atoms with Gasteiger partial charge in [0.05, 0.1) is 0 Å². The predicted octanol–water partition coefficient (Wildman–Crippen LogP) is 4.11. The normalized spacial score (nSPS) is 13.2. The molecule has 15 nitrogen and oxygen atoms in total. The molecular weight excluding hydrogens is 660 g/mol. The third-order valence-corrected chi connectivity index (χ3v) is 7.92. The van der Waals surface area contributed by atoms with Crippen molar-refractivity contribution in [1.29, 1.82) is 0 Å². The van der Waals surface area contributed by atoms with Crippen molar-refractivity contribution in [1.82, 2.24) is 20.9 Å². The van der Waals surface area contributed by atoms with E-state index in [2.05, 4.69) is 21.3 Å². The van der Waals surface area contributed by atoms with E-state index in [-0.39, 0.29) is 25.5 Å². The number of carbonyl (C=O) groups excluding carboxylic acids is 5. The van der Waals surface area contributed by atoms with E-state index in [9.17, 15) is 33.9 Å². The first-order valence-electron chi connectivity index (χ1n) is 16.6. The van der Waals surface area contributed by atoms with E-state index in [0.29, 0.717) is 17.7 Å². The largest absolute Gasteiger partial charge is 0.480 e. The van der Waals surface area contributed by atoms with Crippen molar-refractivity contribution >= 4 is 41.7 Å². The number of hydrogen-bond acceptors (Lipinski definition) is 8. The van der Waals surface area contributed by atoms with Gasteiger partial charge in [-0.25, -0.2) is 19.2 Å². The number of benzene rings is 2. The number of likely N-dealkylation sites (N-methyl/N-ethyl adjacent to an activating group) is 1. The maximum atomic E-state index is 13.4. The highest BCUT2D eigenvalue weighted by Gasteiger charge is 2.42. The van der Waals surface area contributed by atoms with Gasteiger partial charge in [-0.15, -0.1) is 0 Å². The van der Waals surface area contributed by atoms with Crippen LogP contribution in [0, 0.1) is 5.92 Å². The summed E-state index contributed by atoms with van der Waals surface area (Å²) in [6, 6.07) is 11.4. The summed E-state index contributed by atoms with van der Waals surface area (Å²) in [5.41, 5.74) is 5.12. The minimum absolute atomic E-state index is 0.134. The van der Waals surface area contributed by atoms with Crippen LogP contribution in [0.1, 0.15) is 72.4 Å². The molecule has 280 valence electrons. The van der Waals surface area contributed by atoms with Crippen molar-refractivity contribution in [2.75, 3.05) is 18.9 Å². The van der Waals surface area contributed by atoms with Crippen LogP contribution in [-0.2, 0) is 35.9 Å². The Balaban J connectivity index is 2.10. The topological polar surface area (TPSA) is 218 Å². The molecule has 0 aliphatic carbocycles. The van der Waals surface area contributed by atoms with Crippen molar-refractivity contribution in [2.24, 2.45) is 11.7 Å². The number of urea groups is 1. The number of ether oxygens (including phenoxy) is 2. The van der Waals surface area contributed by atoms with Crippen LogP contribution in [0.4, 0.5) is 20.1 Å². The Morgan fingerprint density at radius 3 is 2.02 bits per heavy atom. The third-order valence-electron chi connectivity index (χ3n) is 7.92. The molecule has 51 heavy (non-hydrogen) atoms. The van der Waals surface area contributed by atoms with E-state index in [0.717, 1.165) is 10.5 Å². The van der Waals surface area contributed by atoms with Crippen molar-refractivity contribution in [3.8, 4) is 0 Å². The molecule has 0 bridgehead atoms. The van der Waals surface area contributed by atoms with E-state index in [4.69, 9.17) is 15.2 Å². The number of aliphatic carboxylic acids is 1. The molecule has 0 fully saturated rings. The number of carboxylic acid groups (broad SMARTS) is 1. The molecule has 0 aliphatic heterocycles. The average Bonchev–Trinajstić information content (AvgIpc) is 3.03. The van der Waals surface area contributed by atoms with Gasteiger partial charge in [0.15, 0.2) is 0 Å². The van der Waals surface area contributed by atoms with Gasteiger partial charge in [0.25, 0.3) is 0 Å². The third kappa shape index (κ3) is 13.5. The van der Waals surface area contributed by atoms with Crippen LogP contribution in [0.2, 0.25) is 0 Å². The molecule has 0 aromatic heterocycles. The Kier molecular flexibility index (Phi) is 15.3. The summed E-state index contributed by atoms with van der Waals surface area (Å²) in [6.07, 6.45) is -1.17. The number of alkyl carbamates (subject to hydrolysis) is 1. The highest BCUT2D eigenvalue weighted by molar-refractivity contribution is 5.98. The van der Waals surface area contributed by atoms with E-state index in [1.807, 2.05) is 6.07 Å². The number of amides is 6. The molecule has 6 amide bonds. The van der Waals surface area contributed by atoms with Gasteiger partial charge in [0.2, 0.25) is 11.8 Å². The van der Waals surface area contributed by atoms with Gasteiger partial charge in [0.1, 0.15) is 30.3 Å². The molecule has 7 N–H and O–H groups in total. The molecule has 0 spiro atoms. The summed E-state index contributed by atoms with van der Waals surface area (Å²) in [5, 5.41) is 20.5. The number of carboxylic acids is 1. The molecule has 2 rings (SSSR count). The maximum Gasteiger partial charge on any atom is 0.410 e. The Bertz CT molecular complexity index is 1510. The first kappa shape index (κ1) is 41.8. The van der Waals surface area contributed by atoms with Crippen molar-refractivity contribution in [3.63, 3.8) is 0 Å². The fourth-order valence-electron chi connectivity index (χ4n) is 5.27. The van der Waals surface area contributed by atoms with E-state index >= 15 is 0 Å². The zero-order valence-electron chi connectivity index (χ0n) is 30.6. The lowest BCUT2D eigenvalue weighted by Crippen LogP contribution is -2.55. The van der Waals surface area contributed by atoms with Crippen LogP contribution in [0.3, 0.4) is 0 Å². The molecular formula is C36H52N6O9. The molecule has 3 atom stereocenters. The molecule has 0 unspecified atom stereocenters. The van der Waals surface area contributed by atoms with Crippen LogP contribution in [0.15, 0.2) is 54.6 Å². The summed E-state index contributed by atoms with van der Waals surface area (Å²) in [7, 11) is 1.38. The minimum atomic E-state index is -1.21. The monoisotopic (exact) mass is 712 g/mol. The molecule has 0 aliphatic rings. The summed E-state index contributed by atoms with van der Waals surface area (Å²) < 4.78 is 10.7. The number of rotatable bonds is 16. The second-order valence-electron chi connectivity index (χ2n) is 14.0. The molecule has 2 aromatic rings. The maximum absolute atomic E-state index is 13.4. The summed E-state index contributed by atoms with van der Waals surface area (Å²) in [5.74, 6) is -2.67. The number of nitrogens with one attached hydrogen (secondary N) is 4. The average molecular weight is 713 g/mol. The van der Waals surface area contributed by atoms with Gasteiger partial charge in [-0.1, -0.05) is 70.2 Å². The Labute approximate surface area is 299 Å². The number of anilines is 1. The summed E-state index contributed by atoms with van der Waals surface area (Å²) in [6.45, 7) is 12.0. The number of primary amides is 1. The zero-order chi connectivity index (χ0) is 38.5. The number of nitrogens with two attached hydrogens (primary N) is 1. The van der Waals surface area contributed by atoms with Crippen molar-refractivity contribution in [3.05, 3.63) is 65.7 Å². The van der Waals surface area contributed by atoms with Crippen LogP contribution < -0.4 is 27.0 Å². The quantitative estimate of drug-likeness (QED) is 0.138. The predicted molar refractivity (Wildman–Crippen MR) is 191 cm³/mol. The van der Waals surface area contributed by atoms with Gasteiger partial charge in [-0.3, -0.25) is 14.5 Å². The SMILES string of the molecule is CC(C)[C@H](NC(=O)OC(C)(C)C)C(=O)N[C@@H](CCCNC(N)=O)C(=O)Nc1ccc(COC(=O)N(C)[C@H](C(=O)O)C(C)(C)c2ccccc2)cc1. The molecule has 0 heterocycles. The smallest absolute Gasteiger partial charge is 0.410 e. The Morgan fingerprint density at radius 1 is 0.882 bits per heavy atom. The van der Waals surface area contributed by atoms with Gasteiger partial charge in [0, 0.05) is 24.7 Å². The zero-order valence-corrected chi connectivity index (χ0v) is 30.6. The van der Waals surface area contributed by atoms with E-state index < -0.39 is 65.1 Å². The minimum Gasteiger partial charge on any atom is -0.480 e. The van der Waals surface area contributed by atoms with Crippen LogP contribution in [-0.4, -0.2) is 83.3 Å². The first-order chi connectivity index (χ1) is 23.7. The highest BCUT2D eigenvalue weighted by atomic mass is 16.6. The highest BCUT2D eigenvalue weighted by Crippen LogP contribution is 2.30. The van der Waals surface area contributed by atoms with Gasteiger partial charge in [-0.05, 0) is 62.8 Å². The molecule has 0 saturated carbocycles. The molecule has 0 saturated heterocycles. The lowest BCUT2D eigenvalue weighted by molar-refractivity contribution is -0.144. The van der Waals surface area contributed by atoms with Gasteiger partial charge < -0.3 is 41.6 Å². The second kappa shape index (κ2) is 18.6. The summed E-state index contributed by atoms with van der Waals surface area (Å²) in [4.78, 5) is 76.5. The standard InChI is InChI=1S/C36H52N6O9/c1-22(2)27(41-33(48)51-35(3,4)5)30(44)40-26(15-12-20-38-32(37)47)29(43)39-25-18-16-23(17-19-25)21-50-34(49)42(8)28(31(45)46)36(6,7)24-13-10-9-11-14-24/h9-11,13-14,16-19,22,26-28H,12,15,20-21H2,1-8H3,(H,39,43)(H,40,44)(H,41,48)(H,45,46)(H3,37,38,47)/t26-,27-,28+/m0/s1. The van der Waals surface area contributed by atoms with Crippen molar-refractivity contribution < 1.29 is 43.3 Å². The van der Waals surface area contributed by atoms with Crippen molar-refractivity contribution in [2.45, 2.75) is 97.1 Å². The molecule has 0 radical (unpaired) electrons. The summed E-state index contributed by atoms with van der Waals surface area (Å²) >= 11 is 0. The van der Waals surface area contributed by atoms with Crippen LogP contribution in [0.5, 0.6) is 0 Å². The second-order valence-corrected chi connectivity index (χ2v) is 14.0. The molecule has 15 heteroatoms. The number of nitrogens with zero attached hydrogens (tertiary/aromatic N) is 1. The van der Waals surface area contributed by atoms with E-state index in [1.54, 1.807) is 97.0 Å². The lowest BCUT2D eigenvalue weighted by atomic mass is 9.77. The van der Waals surface area contributed by atoms with Crippen LogP contribution >= 0.6 is 0 Å². The number of hydrogen-bond donors (Lipinski definition) is 6. The van der Waals surface area contributed by atoms with E-state index in [1.165, 1.54) is 7.05 Å². The lowest BCUT2D eigenvalue weighted by Gasteiger charge is -2.37. The molecule has 2 aromatic carbocycles. The first-order valence-corrected chi connectivity index (χ1v) is 16.6. The van der Waals surface area contributed by atoms with Crippen LogP contribution in [0.25, 0.3) is 0 Å².